The molecule has 29 heavy (non-hydrogen) atoms. The maximum absolute atomic E-state index is 13.5. The zero-order valence-corrected chi connectivity index (χ0v) is 15.2. The molecule has 152 valence electrons. The quantitative estimate of drug-likeness (QED) is 0.277. The van der Waals surface area contributed by atoms with Crippen LogP contribution in [-0.2, 0) is 20.7 Å². The number of rotatable bonds is 6. The van der Waals surface area contributed by atoms with E-state index in [1.165, 1.54) is 16.7 Å². The van der Waals surface area contributed by atoms with Crippen molar-refractivity contribution in [3.8, 4) is 0 Å². The topological polar surface area (TPSA) is 68.3 Å². The number of halogens is 5. The molecule has 1 N–H and O–H groups in total. The fourth-order valence-electron chi connectivity index (χ4n) is 2.34. The van der Waals surface area contributed by atoms with Crippen LogP contribution in [0.5, 0.6) is 0 Å². The molecule has 0 saturated heterocycles. The first-order chi connectivity index (χ1) is 13.8. The summed E-state index contributed by atoms with van der Waals surface area (Å²) in [7, 11) is 0. The maximum Gasteiger partial charge on any atom is 0.306 e. The van der Waals surface area contributed by atoms with Crippen molar-refractivity contribution in [2.45, 2.75) is 12.8 Å². The number of esters is 1. The highest BCUT2D eigenvalue weighted by Crippen LogP contribution is 2.27. The Morgan fingerprint density at radius 3 is 2.24 bits per heavy atom. The Hall–Kier alpha value is -3.08. The lowest BCUT2D eigenvalue weighted by Gasteiger charge is -2.10. The second-order valence-corrected chi connectivity index (χ2v) is 6.84. The Balaban J connectivity index is 1.53. The number of fused-ring (bicyclic) bond motifs is 1. The first-order valence-electron chi connectivity index (χ1n) is 8.09. The van der Waals surface area contributed by atoms with Crippen LogP contribution in [0.4, 0.5) is 27.6 Å². The van der Waals surface area contributed by atoms with Gasteiger partial charge in [-0.25, -0.2) is 26.9 Å². The highest BCUT2D eigenvalue weighted by Gasteiger charge is 2.27. The summed E-state index contributed by atoms with van der Waals surface area (Å²) in [6.07, 6.45) is 0.132. The van der Waals surface area contributed by atoms with Gasteiger partial charge in [-0.05, 0) is 12.1 Å². The van der Waals surface area contributed by atoms with Crippen LogP contribution in [0.3, 0.4) is 0 Å². The van der Waals surface area contributed by atoms with Crippen LogP contribution in [0.15, 0.2) is 24.3 Å². The number of benzene rings is 2. The number of nitrogens with one attached hydrogen (secondary N) is 1. The smallest absolute Gasteiger partial charge is 0.306 e. The minimum Gasteiger partial charge on any atom is -0.456 e. The summed E-state index contributed by atoms with van der Waals surface area (Å²) in [6.45, 7) is -0.960. The molecule has 0 aliphatic rings. The summed E-state index contributed by atoms with van der Waals surface area (Å²) in [5, 5.41) is 2.19. The molecule has 5 nitrogen and oxygen atoms in total. The fourth-order valence-corrected chi connectivity index (χ4v) is 3.31. The van der Waals surface area contributed by atoms with E-state index in [1.54, 1.807) is 0 Å². The lowest BCUT2D eigenvalue weighted by Crippen LogP contribution is -2.23. The minimum absolute atomic E-state index is 0.115. The summed E-state index contributed by atoms with van der Waals surface area (Å²) in [5.74, 6) is -13.2. The van der Waals surface area contributed by atoms with Gasteiger partial charge in [-0.2, -0.15) is 0 Å². The average molecular weight is 430 g/mol. The van der Waals surface area contributed by atoms with E-state index in [-0.39, 0.29) is 12.8 Å². The first kappa shape index (κ1) is 20.6. The third-order valence-electron chi connectivity index (χ3n) is 3.72. The molecule has 0 atom stereocenters. The molecule has 11 heteroatoms. The van der Waals surface area contributed by atoms with Gasteiger partial charge in [0.05, 0.1) is 21.6 Å². The van der Waals surface area contributed by atoms with Crippen molar-refractivity contribution < 1.29 is 36.3 Å². The molecule has 0 aliphatic carbocycles. The van der Waals surface area contributed by atoms with Gasteiger partial charge in [0.15, 0.2) is 29.9 Å². The Labute approximate surface area is 164 Å². The molecule has 3 aromatic rings. The zero-order valence-electron chi connectivity index (χ0n) is 14.4. The van der Waals surface area contributed by atoms with Crippen LogP contribution in [0, 0.1) is 29.1 Å². The SMILES string of the molecule is O=C(COC(=O)CCc1nc2ccccc2s1)Nc1c(F)c(F)c(F)c(F)c1F. The molecule has 0 unspecified atom stereocenters. The summed E-state index contributed by atoms with van der Waals surface area (Å²) < 4.78 is 71.8. The Bertz CT molecular complexity index is 1040. The third kappa shape index (κ3) is 4.50. The molecule has 2 aromatic carbocycles. The number of aromatic nitrogens is 1. The minimum atomic E-state index is -2.35. The van der Waals surface area contributed by atoms with Gasteiger partial charge in [-0.1, -0.05) is 12.1 Å². The summed E-state index contributed by atoms with van der Waals surface area (Å²) >= 11 is 1.39. The van der Waals surface area contributed by atoms with Crippen LogP contribution in [0.25, 0.3) is 10.2 Å². The van der Waals surface area contributed by atoms with Crippen molar-refractivity contribution in [3.05, 3.63) is 58.4 Å². The normalized spacial score (nSPS) is 10.9. The van der Waals surface area contributed by atoms with Gasteiger partial charge < -0.3 is 10.1 Å². The maximum atomic E-state index is 13.5. The summed E-state index contributed by atoms with van der Waals surface area (Å²) in [5.41, 5.74) is -0.736. The van der Waals surface area contributed by atoms with Crippen LogP contribution in [-0.4, -0.2) is 23.5 Å². The van der Waals surface area contributed by atoms with E-state index >= 15 is 0 Å². The first-order valence-corrected chi connectivity index (χ1v) is 8.91. The van der Waals surface area contributed by atoms with Gasteiger partial charge in [-0.15, -0.1) is 11.3 Å². The number of hydrogen-bond acceptors (Lipinski definition) is 5. The highest BCUT2D eigenvalue weighted by molar-refractivity contribution is 7.18. The molecular formula is C18H11F5N2O3S. The monoisotopic (exact) mass is 430 g/mol. The number of para-hydroxylation sites is 1. The summed E-state index contributed by atoms with van der Waals surface area (Å²) in [4.78, 5) is 27.7. The number of aryl methyl sites for hydroxylation is 1. The number of nitrogens with zero attached hydrogens (tertiary/aromatic N) is 1. The summed E-state index contributed by atoms with van der Waals surface area (Å²) in [6, 6.07) is 7.36. The molecule has 1 aromatic heterocycles. The second-order valence-electron chi connectivity index (χ2n) is 5.73. The molecular weight excluding hydrogens is 419 g/mol. The molecule has 0 saturated carbocycles. The second kappa shape index (κ2) is 8.52. The largest absolute Gasteiger partial charge is 0.456 e. The van der Waals surface area contributed by atoms with Crippen LogP contribution in [0.2, 0.25) is 0 Å². The number of ether oxygens (including phenoxy) is 1. The standard InChI is InChI=1S/C18H11F5N2O3S/c19-13-14(20)16(22)18(17(23)15(13)21)25-10(26)7-28-12(27)6-5-11-24-8-3-1-2-4-9(8)29-11/h1-4H,5-7H2,(H,25,26). The Morgan fingerprint density at radius 1 is 0.966 bits per heavy atom. The molecule has 3 rings (SSSR count). The molecule has 0 aliphatic heterocycles. The number of carbonyl (C=O) groups is 2. The van der Waals surface area contributed by atoms with Crippen molar-refractivity contribution >= 4 is 39.1 Å². The van der Waals surface area contributed by atoms with Crippen molar-refractivity contribution in [3.63, 3.8) is 0 Å². The molecule has 0 fully saturated rings. The Morgan fingerprint density at radius 2 is 1.59 bits per heavy atom. The van der Waals surface area contributed by atoms with Crippen LogP contribution < -0.4 is 5.32 Å². The lowest BCUT2D eigenvalue weighted by atomic mass is 10.2. The third-order valence-corrected chi connectivity index (χ3v) is 4.82. The van der Waals surface area contributed by atoms with Gasteiger partial charge in [0.2, 0.25) is 5.82 Å². The van der Waals surface area contributed by atoms with Crippen molar-refractivity contribution in [1.29, 1.82) is 0 Å². The van der Waals surface area contributed by atoms with Gasteiger partial charge in [0.25, 0.3) is 5.91 Å². The molecule has 0 bridgehead atoms. The van der Waals surface area contributed by atoms with Crippen LogP contribution >= 0.6 is 11.3 Å². The van der Waals surface area contributed by atoms with E-state index in [0.717, 1.165) is 10.2 Å². The lowest BCUT2D eigenvalue weighted by molar-refractivity contribution is -0.147. The molecule has 0 spiro atoms. The highest BCUT2D eigenvalue weighted by atomic mass is 32.1. The van der Waals surface area contributed by atoms with E-state index in [9.17, 15) is 31.5 Å². The van der Waals surface area contributed by atoms with E-state index in [2.05, 4.69) is 9.72 Å². The predicted octanol–water partition coefficient (Wildman–Crippen LogP) is 4.11. The number of anilines is 1. The number of thiazole rings is 1. The number of carbonyl (C=O) groups excluding carboxylic acids is 2. The van der Waals surface area contributed by atoms with E-state index < -0.39 is 53.3 Å². The number of amides is 1. The fraction of sp³-hybridized carbons (Fsp3) is 0.167. The van der Waals surface area contributed by atoms with Gasteiger partial charge in [0.1, 0.15) is 5.69 Å². The average Bonchev–Trinajstić information content (AvgIpc) is 3.14. The predicted molar refractivity (Wildman–Crippen MR) is 93.8 cm³/mol. The van der Waals surface area contributed by atoms with Gasteiger partial charge in [-0.3, -0.25) is 9.59 Å². The molecule has 1 amide bonds. The zero-order chi connectivity index (χ0) is 21.1. The van der Waals surface area contributed by atoms with Crippen molar-refractivity contribution in [1.82, 2.24) is 4.98 Å². The van der Waals surface area contributed by atoms with E-state index in [0.29, 0.717) is 5.01 Å². The van der Waals surface area contributed by atoms with Gasteiger partial charge >= 0.3 is 5.97 Å². The number of hydrogen-bond donors (Lipinski definition) is 1. The van der Waals surface area contributed by atoms with Gasteiger partial charge in [0, 0.05) is 6.42 Å². The van der Waals surface area contributed by atoms with E-state index in [1.807, 2.05) is 24.3 Å². The molecule has 1 heterocycles. The van der Waals surface area contributed by atoms with Crippen LogP contribution in [0.1, 0.15) is 11.4 Å². The van der Waals surface area contributed by atoms with Crippen molar-refractivity contribution in [2.75, 3.05) is 11.9 Å². The van der Waals surface area contributed by atoms with E-state index in [4.69, 9.17) is 0 Å². The Kier molecular flexibility index (Phi) is 6.06. The van der Waals surface area contributed by atoms with Crippen molar-refractivity contribution in [2.24, 2.45) is 0 Å². The molecule has 0 radical (unpaired) electrons.